The number of fused-ring (bicyclic) bond motifs is 1. The van der Waals surface area contributed by atoms with Crippen LogP contribution in [0.15, 0.2) is 59.2 Å². The van der Waals surface area contributed by atoms with Crippen LogP contribution in [0.5, 0.6) is 0 Å². The van der Waals surface area contributed by atoms with Gasteiger partial charge in [0, 0.05) is 23.2 Å². The van der Waals surface area contributed by atoms with Crippen molar-refractivity contribution in [2.24, 2.45) is 5.10 Å². The lowest BCUT2D eigenvalue weighted by molar-refractivity contribution is -0.114. The first-order valence-corrected chi connectivity index (χ1v) is 10.1. The first-order chi connectivity index (χ1) is 14.7. The molecule has 0 radical (unpaired) electrons. The van der Waals surface area contributed by atoms with Crippen molar-refractivity contribution in [2.45, 2.75) is 39.9 Å². The number of nitrogens with zero attached hydrogens (tertiary/aromatic N) is 3. The van der Waals surface area contributed by atoms with Crippen LogP contribution in [-0.2, 0) is 11.3 Å². The Morgan fingerprint density at radius 3 is 2.39 bits per heavy atom. The van der Waals surface area contributed by atoms with Gasteiger partial charge in [-0.2, -0.15) is 23.3 Å². The minimum Gasteiger partial charge on any atom is -0.344 e. The molecule has 1 amide bonds. The summed E-state index contributed by atoms with van der Waals surface area (Å²) in [7, 11) is 0. The molecule has 0 saturated heterocycles. The number of para-hydroxylation sites is 2. The lowest BCUT2D eigenvalue weighted by Gasteiger charge is -2.11. The molecule has 160 valence electrons. The van der Waals surface area contributed by atoms with E-state index in [9.17, 15) is 18.0 Å². The van der Waals surface area contributed by atoms with E-state index in [1.807, 2.05) is 39.0 Å². The molecule has 0 unspecified atom stereocenters. The summed E-state index contributed by atoms with van der Waals surface area (Å²) in [5.74, 6) is -0.790. The summed E-state index contributed by atoms with van der Waals surface area (Å²) in [5, 5.41) is 5.30. The number of halogens is 3. The molecule has 7 heteroatoms. The van der Waals surface area contributed by atoms with E-state index in [-0.39, 0.29) is 0 Å². The number of carbonyl (C=O) groups is 1. The number of hydrazone groups is 1. The first-order valence-electron chi connectivity index (χ1n) is 10.1. The standard InChI is InChI=1S/C24H22F3N3O/c1-4-13-29-16(3)19(18-12-8-9-15(2)21(18)29)14-20-22(24(25,26)27)28-30(23(20)31)17-10-6-5-7-11-17/h5-12,14H,4,13H2,1-3H3/b20-14+. The molecule has 1 aromatic heterocycles. The maximum atomic E-state index is 13.8. The van der Waals surface area contributed by atoms with Crippen LogP contribution in [0.1, 0.15) is 30.2 Å². The number of carbonyl (C=O) groups excluding carboxylic acids is 1. The van der Waals surface area contributed by atoms with Gasteiger partial charge in [0.2, 0.25) is 0 Å². The van der Waals surface area contributed by atoms with Gasteiger partial charge in [0.25, 0.3) is 5.91 Å². The van der Waals surface area contributed by atoms with Crippen LogP contribution < -0.4 is 5.01 Å². The predicted molar refractivity (Wildman–Crippen MR) is 117 cm³/mol. The molecular weight excluding hydrogens is 403 g/mol. The number of alkyl halides is 3. The smallest absolute Gasteiger partial charge is 0.344 e. The third-order valence-corrected chi connectivity index (χ3v) is 5.48. The highest BCUT2D eigenvalue weighted by molar-refractivity contribution is 6.34. The van der Waals surface area contributed by atoms with Crippen molar-refractivity contribution in [3.8, 4) is 0 Å². The SMILES string of the molecule is CCCn1c(C)c(/C=C2/C(=O)N(c3ccccc3)N=C2C(F)(F)F)c2cccc(C)c21. The average Bonchev–Trinajstić information content (AvgIpc) is 3.20. The van der Waals surface area contributed by atoms with Crippen LogP contribution in [0, 0.1) is 13.8 Å². The number of hydrogen-bond acceptors (Lipinski definition) is 2. The van der Waals surface area contributed by atoms with Crippen molar-refractivity contribution in [2.75, 3.05) is 5.01 Å². The zero-order valence-corrected chi connectivity index (χ0v) is 17.5. The Kier molecular flexibility index (Phi) is 5.21. The van der Waals surface area contributed by atoms with E-state index in [1.165, 1.54) is 6.08 Å². The van der Waals surface area contributed by atoms with E-state index < -0.39 is 23.4 Å². The third-order valence-electron chi connectivity index (χ3n) is 5.48. The molecule has 31 heavy (non-hydrogen) atoms. The van der Waals surface area contributed by atoms with E-state index in [1.54, 1.807) is 30.3 Å². The molecule has 0 bridgehead atoms. The lowest BCUT2D eigenvalue weighted by Crippen LogP contribution is -2.25. The fraction of sp³-hybridized carbons (Fsp3) is 0.250. The molecule has 1 aliphatic heterocycles. The van der Waals surface area contributed by atoms with E-state index >= 15 is 0 Å². The summed E-state index contributed by atoms with van der Waals surface area (Å²) in [6.07, 6.45) is -2.53. The topological polar surface area (TPSA) is 37.6 Å². The van der Waals surface area contributed by atoms with Gasteiger partial charge >= 0.3 is 6.18 Å². The number of aryl methyl sites for hydroxylation is 2. The van der Waals surface area contributed by atoms with Crippen molar-refractivity contribution < 1.29 is 18.0 Å². The van der Waals surface area contributed by atoms with Gasteiger partial charge in [-0.25, -0.2) is 0 Å². The molecule has 0 N–H and O–H groups in total. The minimum absolute atomic E-state index is 0.290. The summed E-state index contributed by atoms with van der Waals surface area (Å²) >= 11 is 0. The number of aromatic nitrogens is 1. The molecule has 2 heterocycles. The molecule has 1 aliphatic rings. The molecule has 0 fully saturated rings. The van der Waals surface area contributed by atoms with Crippen molar-refractivity contribution in [3.63, 3.8) is 0 Å². The minimum atomic E-state index is -4.75. The maximum absolute atomic E-state index is 13.8. The molecule has 2 aromatic carbocycles. The maximum Gasteiger partial charge on any atom is 0.435 e. The van der Waals surface area contributed by atoms with Crippen LogP contribution >= 0.6 is 0 Å². The molecule has 0 saturated carbocycles. The van der Waals surface area contributed by atoms with Gasteiger partial charge < -0.3 is 4.57 Å². The van der Waals surface area contributed by atoms with Crippen molar-refractivity contribution in [1.82, 2.24) is 4.57 Å². The largest absolute Gasteiger partial charge is 0.435 e. The van der Waals surface area contributed by atoms with Crippen LogP contribution in [0.2, 0.25) is 0 Å². The van der Waals surface area contributed by atoms with E-state index in [4.69, 9.17) is 0 Å². The Morgan fingerprint density at radius 2 is 1.74 bits per heavy atom. The van der Waals surface area contributed by atoms with Crippen LogP contribution in [-0.4, -0.2) is 22.4 Å². The number of amides is 1. The average molecular weight is 425 g/mol. The summed E-state index contributed by atoms with van der Waals surface area (Å²) in [4.78, 5) is 13.1. The molecule has 0 aliphatic carbocycles. The Bertz CT molecular complexity index is 1220. The zero-order chi connectivity index (χ0) is 22.3. The molecule has 4 nitrogen and oxygen atoms in total. The highest BCUT2D eigenvalue weighted by atomic mass is 19.4. The highest BCUT2D eigenvalue weighted by Crippen LogP contribution is 2.36. The van der Waals surface area contributed by atoms with Gasteiger partial charge in [-0.1, -0.05) is 43.3 Å². The fourth-order valence-electron chi connectivity index (χ4n) is 4.07. The van der Waals surface area contributed by atoms with Crippen LogP contribution in [0.3, 0.4) is 0 Å². The monoisotopic (exact) mass is 425 g/mol. The second kappa shape index (κ2) is 7.72. The Balaban J connectivity index is 1.93. The highest BCUT2D eigenvalue weighted by Gasteiger charge is 2.47. The van der Waals surface area contributed by atoms with Crippen molar-refractivity contribution in [1.29, 1.82) is 0 Å². The number of hydrogen-bond donors (Lipinski definition) is 0. The van der Waals surface area contributed by atoms with Gasteiger partial charge in [0.1, 0.15) is 0 Å². The Hall–Kier alpha value is -3.35. The number of benzene rings is 2. The molecule has 0 spiro atoms. The quantitative estimate of drug-likeness (QED) is 0.471. The van der Waals surface area contributed by atoms with Gasteiger partial charge in [-0.3, -0.25) is 4.79 Å². The second-order valence-corrected chi connectivity index (χ2v) is 7.58. The lowest BCUT2D eigenvalue weighted by atomic mass is 10.0. The normalized spacial score (nSPS) is 15.9. The van der Waals surface area contributed by atoms with Gasteiger partial charge in [-0.15, -0.1) is 0 Å². The first kappa shape index (κ1) is 20.9. The third kappa shape index (κ3) is 3.54. The number of anilines is 1. The van der Waals surface area contributed by atoms with Crippen LogP contribution in [0.25, 0.3) is 17.0 Å². The van der Waals surface area contributed by atoms with Crippen molar-refractivity contribution >= 4 is 34.3 Å². The summed E-state index contributed by atoms with van der Waals surface area (Å²) in [6, 6.07) is 13.9. The van der Waals surface area contributed by atoms with E-state index in [2.05, 4.69) is 9.67 Å². The van der Waals surface area contributed by atoms with Gasteiger partial charge in [-0.05, 0) is 44.0 Å². The molecule has 0 atom stereocenters. The van der Waals surface area contributed by atoms with Crippen molar-refractivity contribution in [3.05, 3.63) is 70.9 Å². The zero-order valence-electron chi connectivity index (χ0n) is 17.5. The fourth-order valence-corrected chi connectivity index (χ4v) is 4.07. The Labute approximate surface area is 178 Å². The molecule has 4 rings (SSSR count). The predicted octanol–water partition coefficient (Wildman–Crippen LogP) is 6.02. The van der Waals surface area contributed by atoms with E-state index in [0.717, 1.165) is 40.1 Å². The van der Waals surface area contributed by atoms with E-state index in [0.29, 0.717) is 11.3 Å². The molecular formula is C24H22F3N3O. The Morgan fingerprint density at radius 1 is 1.03 bits per heavy atom. The summed E-state index contributed by atoms with van der Waals surface area (Å²) in [6.45, 7) is 6.64. The van der Waals surface area contributed by atoms with Gasteiger partial charge in [0.05, 0.1) is 16.8 Å². The summed E-state index contributed by atoms with van der Waals surface area (Å²) < 4.78 is 43.6. The summed E-state index contributed by atoms with van der Waals surface area (Å²) in [5.41, 5.74) is 2.12. The molecule has 3 aromatic rings. The van der Waals surface area contributed by atoms with Crippen LogP contribution in [0.4, 0.5) is 18.9 Å². The second-order valence-electron chi connectivity index (χ2n) is 7.58. The number of rotatable bonds is 4. The van der Waals surface area contributed by atoms with Gasteiger partial charge in [0.15, 0.2) is 5.71 Å².